The molecular weight excluding hydrogens is 436 g/mol. The van der Waals surface area contributed by atoms with Gasteiger partial charge in [-0.25, -0.2) is 4.79 Å². The minimum atomic E-state index is -0.845. The Bertz CT molecular complexity index is 1490. The van der Waals surface area contributed by atoms with E-state index in [4.69, 9.17) is 9.83 Å². The van der Waals surface area contributed by atoms with Crippen LogP contribution in [-0.4, -0.2) is 38.7 Å². The Morgan fingerprint density at radius 2 is 1.91 bits per heavy atom. The van der Waals surface area contributed by atoms with Gasteiger partial charge in [-0.3, -0.25) is 19.1 Å². The number of aromatic hydroxyl groups is 1. The summed E-state index contributed by atoms with van der Waals surface area (Å²) < 4.78 is 0.978. The second-order valence-electron chi connectivity index (χ2n) is 9.21. The highest BCUT2D eigenvalue weighted by Gasteiger charge is 2.30. The predicted molar refractivity (Wildman–Crippen MR) is 125 cm³/mol. The number of aromatic nitrogens is 1. The molecule has 2 atom stereocenters. The van der Waals surface area contributed by atoms with E-state index in [-0.39, 0.29) is 30.3 Å². The number of amides is 1. The van der Waals surface area contributed by atoms with E-state index < -0.39 is 18.1 Å². The Morgan fingerprint density at radius 3 is 2.71 bits per heavy atom. The molecule has 174 valence electrons. The van der Waals surface area contributed by atoms with Gasteiger partial charge in [0.05, 0.1) is 17.1 Å². The minimum absolute atomic E-state index is 0.171. The highest BCUT2D eigenvalue weighted by molar-refractivity contribution is 6.15. The normalized spacial score (nSPS) is 21.8. The number of allylic oxidation sites excluding steroid dienone is 1. The number of hydrogen-bond acceptors (Lipinski definition) is 7. The molecule has 0 bridgehead atoms. The van der Waals surface area contributed by atoms with Gasteiger partial charge in [0.15, 0.2) is 0 Å². The highest BCUT2D eigenvalue weighted by Crippen LogP contribution is 2.36. The SMILES string of the molecule is C=C1CCC(=O)N1OC(=O)Cn1c(O)c2ccc3c4c(ccc(c1=O)c24)NC1CCCCC1N=3. The van der Waals surface area contributed by atoms with E-state index in [1.54, 1.807) is 12.1 Å². The first kappa shape index (κ1) is 20.7. The van der Waals surface area contributed by atoms with Crippen LogP contribution in [0.3, 0.4) is 0 Å². The summed E-state index contributed by atoms with van der Waals surface area (Å²) in [7, 11) is 0. The predicted octanol–water partition coefficient (Wildman–Crippen LogP) is 2.53. The molecule has 3 heterocycles. The lowest BCUT2D eigenvalue weighted by atomic mass is 9.91. The highest BCUT2D eigenvalue weighted by atomic mass is 16.7. The van der Waals surface area contributed by atoms with Crippen LogP contribution in [0.2, 0.25) is 0 Å². The molecule has 1 saturated carbocycles. The van der Waals surface area contributed by atoms with E-state index in [2.05, 4.69) is 11.9 Å². The van der Waals surface area contributed by atoms with E-state index in [1.165, 1.54) is 0 Å². The van der Waals surface area contributed by atoms with Crippen LogP contribution in [-0.2, 0) is 21.0 Å². The Kier molecular flexibility index (Phi) is 4.62. The third kappa shape index (κ3) is 3.07. The number of nitrogens with zero attached hydrogens (tertiary/aromatic N) is 3. The molecule has 0 radical (unpaired) electrons. The summed E-state index contributed by atoms with van der Waals surface area (Å²) in [5.41, 5.74) is 0.765. The van der Waals surface area contributed by atoms with Crippen molar-refractivity contribution in [2.75, 3.05) is 5.32 Å². The summed E-state index contributed by atoms with van der Waals surface area (Å²) in [6.07, 6.45) is 4.97. The standard InChI is InChI=1S/C25H24N4O5/c1-13-6-11-20(30)29(13)34-21(31)12-28-24(32)14-7-9-18-23-19(10-8-15(22(14)23)25(28)33)27-17-5-3-2-4-16(17)26-18/h7-10,16-17,26,33H,1-6,11-12H2. The molecule has 2 aromatic carbocycles. The summed E-state index contributed by atoms with van der Waals surface area (Å²) in [4.78, 5) is 48.0. The fraction of sp³-hybridized carbons (Fsp3) is 0.360. The van der Waals surface area contributed by atoms with Gasteiger partial charge in [0, 0.05) is 39.7 Å². The number of nitrogens with one attached hydrogen (secondary N) is 1. The number of pyridine rings is 1. The number of fused-ring (bicyclic) bond motifs is 1. The Morgan fingerprint density at radius 1 is 1.12 bits per heavy atom. The number of carbonyl (C=O) groups excluding carboxylic acids is 2. The van der Waals surface area contributed by atoms with Gasteiger partial charge in [-0.2, -0.15) is 0 Å². The van der Waals surface area contributed by atoms with Crippen molar-refractivity contribution in [1.29, 1.82) is 0 Å². The van der Waals surface area contributed by atoms with Crippen molar-refractivity contribution in [1.82, 2.24) is 9.63 Å². The molecule has 2 fully saturated rings. The summed E-state index contributed by atoms with van der Waals surface area (Å²) in [5, 5.41) is 18.6. The molecule has 6 rings (SSSR count). The van der Waals surface area contributed by atoms with Crippen LogP contribution in [0.15, 0.2) is 46.3 Å². The number of hydroxylamine groups is 2. The lowest BCUT2D eigenvalue weighted by Gasteiger charge is -2.29. The van der Waals surface area contributed by atoms with Crippen molar-refractivity contribution in [3.63, 3.8) is 0 Å². The van der Waals surface area contributed by atoms with Gasteiger partial charge in [-0.05, 0) is 43.5 Å². The second-order valence-corrected chi connectivity index (χ2v) is 9.21. The van der Waals surface area contributed by atoms with Crippen molar-refractivity contribution in [3.05, 3.63) is 52.3 Å². The number of carbonyl (C=O) groups is 2. The largest absolute Gasteiger partial charge is 0.494 e. The minimum Gasteiger partial charge on any atom is -0.494 e. The average molecular weight is 460 g/mol. The van der Waals surface area contributed by atoms with Crippen LogP contribution < -0.4 is 16.2 Å². The first-order chi connectivity index (χ1) is 16.4. The van der Waals surface area contributed by atoms with Crippen LogP contribution in [0, 0.1) is 0 Å². The van der Waals surface area contributed by atoms with Gasteiger partial charge in [0.25, 0.3) is 11.5 Å². The zero-order chi connectivity index (χ0) is 23.6. The summed E-state index contributed by atoms with van der Waals surface area (Å²) in [5.74, 6) is -1.54. The molecule has 0 spiro atoms. The quantitative estimate of drug-likeness (QED) is 0.621. The Balaban J connectivity index is 1.46. The second kappa shape index (κ2) is 7.58. The van der Waals surface area contributed by atoms with E-state index in [1.807, 2.05) is 12.1 Å². The molecule has 1 aromatic heterocycles. The van der Waals surface area contributed by atoms with Crippen molar-refractivity contribution < 1.29 is 19.5 Å². The molecule has 2 aliphatic heterocycles. The van der Waals surface area contributed by atoms with Gasteiger partial charge in [-0.1, -0.05) is 19.4 Å². The molecule has 2 N–H and O–H groups in total. The third-order valence-corrected chi connectivity index (χ3v) is 7.11. The van der Waals surface area contributed by atoms with Crippen LogP contribution in [0.5, 0.6) is 5.88 Å². The van der Waals surface area contributed by atoms with Crippen LogP contribution in [0.4, 0.5) is 5.69 Å². The summed E-state index contributed by atoms with van der Waals surface area (Å²) in [6, 6.07) is 7.61. The van der Waals surface area contributed by atoms with Gasteiger partial charge in [-0.15, -0.1) is 5.06 Å². The fourth-order valence-electron chi connectivity index (χ4n) is 5.42. The van der Waals surface area contributed by atoms with E-state index in [0.29, 0.717) is 28.3 Å². The maximum absolute atomic E-state index is 13.4. The molecule has 2 unspecified atom stereocenters. The zero-order valence-electron chi connectivity index (χ0n) is 18.5. The van der Waals surface area contributed by atoms with E-state index >= 15 is 0 Å². The molecule has 1 amide bonds. The van der Waals surface area contributed by atoms with Crippen LogP contribution >= 0.6 is 0 Å². The number of hydrogen-bond donors (Lipinski definition) is 2. The summed E-state index contributed by atoms with van der Waals surface area (Å²) in [6.45, 7) is 3.17. The maximum Gasteiger partial charge on any atom is 0.352 e. The van der Waals surface area contributed by atoms with E-state index in [9.17, 15) is 19.5 Å². The molecule has 9 nitrogen and oxygen atoms in total. The first-order valence-electron chi connectivity index (χ1n) is 11.6. The molecule has 1 saturated heterocycles. The fourth-order valence-corrected chi connectivity index (χ4v) is 5.42. The molecule has 9 heteroatoms. The number of rotatable bonds is 3. The van der Waals surface area contributed by atoms with Crippen molar-refractivity contribution in [3.8, 4) is 5.88 Å². The average Bonchev–Trinajstić information content (AvgIpc) is 3.04. The molecule has 3 aromatic rings. The number of anilines is 1. The molecule has 34 heavy (non-hydrogen) atoms. The van der Waals surface area contributed by atoms with Crippen molar-refractivity contribution >= 4 is 39.1 Å². The van der Waals surface area contributed by atoms with Crippen molar-refractivity contribution in [2.45, 2.75) is 57.2 Å². The Hall–Kier alpha value is -3.88. The first-order valence-corrected chi connectivity index (χ1v) is 11.6. The third-order valence-electron chi connectivity index (χ3n) is 7.11. The lowest BCUT2D eigenvalue weighted by molar-refractivity contribution is -0.187. The van der Waals surface area contributed by atoms with Gasteiger partial charge >= 0.3 is 5.97 Å². The maximum atomic E-state index is 13.4. The van der Waals surface area contributed by atoms with E-state index in [0.717, 1.165) is 51.7 Å². The van der Waals surface area contributed by atoms with Gasteiger partial charge < -0.3 is 15.3 Å². The molecular formula is C25H24N4O5. The van der Waals surface area contributed by atoms with Crippen molar-refractivity contribution in [2.24, 2.45) is 4.99 Å². The van der Waals surface area contributed by atoms with Gasteiger partial charge in [0.1, 0.15) is 6.54 Å². The molecule has 1 aliphatic carbocycles. The van der Waals surface area contributed by atoms with Crippen LogP contribution in [0.25, 0.3) is 21.5 Å². The monoisotopic (exact) mass is 460 g/mol. The zero-order valence-corrected chi connectivity index (χ0v) is 18.5. The lowest BCUT2D eigenvalue weighted by Crippen LogP contribution is -2.35. The van der Waals surface area contributed by atoms with Crippen LogP contribution in [0.1, 0.15) is 38.5 Å². The smallest absolute Gasteiger partial charge is 0.352 e. The Labute approximate surface area is 194 Å². The summed E-state index contributed by atoms with van der Waals surface area (Å²) >= 11 is 0. The topological polar surface area (TPSA) is 113 Å². The molecule has 3 aliphatic rings. The number of benzene rings is 2. The van der Waals surface area contributed by atoms with Gasteiger partial charge in [0.2, 0.25) is 5.88 Å².